The lowest BCUT2D eigenvalue weighted by atomic mass is 10.1. The average Bonchev–Trinajstić information content (AvgIpc) is 3.56. The van der Waals surface area contributed by atoms with Crippen LogP contribution in [0.3, 0.4) is 0 Å². The molecule has 1 aromatic carbocycles. The number of esters is 4. The Morgan fingerprint density at radius 1 is 0.957 bits per heavy atom. The van der Waals surface area contributed by atoms with Gasteiger partial charge < -0.3 is 34.5 Å². The van der Waals surface area contributed by atoms with Gasteiger partial charge in [-0.2, -0.15) is 13.2 Å². The van der Waals surface area contributed by atoms with Gasteiger partial charge in [0.05, 0.1) is 12.0 Å². The fraction of sp³-hybridized carbons (Fsp3) is 0.429. The quantitative estimate of drug-likeness (QED) is 0.230. The van der Waals surface area contributed by atoms with E-state index in [1.165, 1.54) is 38.0 Å². The molecule has 1 aliphatic heterocycles. The monoisotopic (exact) mass is 669 g/mol. The summed E-state index contributed by atoms with van der Waals surface area (Å²) in [6.45, 7) is 3.44. The summed E-state index contributed by atoms with van der Waals surface area (Å²) in [4.78, 5) is 69.5. The number of rotatable bonds is 10. The van der Waals surface area contributed by atoms with Gasteiger partial charge in [-0.1, -0.05) is 30.3 Å². The molecule has 47 heavy (non-hydrogen) atoms. The van der Waals surface area contributed by atoms with Gasteiger partial charge in [-0.15, -0.1) is 0 Å². The highest BCUT2D eigenvalue weighted by Crippen LogP contribution is 2.36. The molecule has 0 spiro atoms. The van der Waals surface area contributed by atoms with Crippen molar-refractivity contribution in [2.75, 3.05) is 6.61 Å². The summed E-state index contributed by atoms with van der Waals surface area (Å²) in [6.07, 6.45) is -6.62. The predicted molar refractivity (Wildman–Crippen MR) is 149 cm³/mol. The molecule has 3 N–H and O–H groups in total. The van der Waals surface area contributed by atoms with E-state index in [4.69, 9.17) is 39.3 Å². The van der Waals surface area contributed by atoms with E-state index in [0.717, 1.165) is 5.56 Å². The molecule has 0 bridgehead atoms. The van der Waals surface area contributed by atoms with Gasteiger partial charge in [0.15, 0.2) is 24.1 Å². The lowest BCUT2D eigenvalue weighted by Crippen LogP contribution is -2.40. The summed E-state index contributed by atoms with van der Waals surface area (Å²) in [5.41, 5.74) is 7.92. The van der Waals surface area contributed by atoms with Gasteiger partial charge in [-0.3, -0.25) is 23.7 Å². The first-order valence-corrected chi connectivity index (χ1v) is 13.6. The lowest BCUT2D eigenvalue weighted by molar-refractivity contribution is -0.192. The van der Waals surface area contributed by atoms with Gasteiger partial charge in [0.2, 0.25) is 0 Å². The molecule has 4 rings (SSSR count). The number of imidazole rings is 1. The first-order valence-electron chi connectivity index (χ1n) is 13.6. The van der Waals surface area contributed by atoms with E-state index in [2.05, 4.69) is 15.0 Å². The van der Waals surface area contributed by atoms with Crippen LogP contribution in [0.1, 0.15) is 38.3 Å². The third kappa shape index (κ3) is 10.2. The zero-order chi connectivity index (χ0) is 34.9. The number of carboxylic acids is 1. The molecule has 16 nitrogen and oxygen atoms in total. The Morgan fingerprint density at radius 2 is 1.57 bits per heavy atom. The fourth-order valence-corrected chi connectivity index (χ4v) is 4.28. The van der Waals surface area contributed by atoms with Crippen molar-refractivity contribution in [1.82, 2.24) is 19.5 Å². The number of carbonyl (C=O) groups excluding carboxylic acids is 4. The molecule has 5 atom stereocenters. The number of ether oxygens (including phenoxy) is 5. The van der Waals surface area contributed by atoms with Crippen LogP contribution in [0.2, 0.25) is 0 Å². The summed E-state index contributed by atoms with van der Waals surface area (Å²) in [6, 6.07) is 8.17. The minimum Gasteiger partial charge on any atom is -0.475 e. The smallest absolute Gasteiger partial charge is 0.475 e. The SMILES string of the molecule is CC(=O)OC[C@H]1O[C@@H](n2cnc3c(CC(N)C(=O)OCc4ccccc4)ncnc32)[C@H](OC(C)=O)[C@@H]1OC(C)=O.O=C(O)C(F)(F)F. The Morgan fingerprint density at radius 3 is 2.15 bits per heavy atom. The van der Waals surface area contributed by atoms with Crippen molar-refractivity contribution in [3.63, 3.8) is 0 Å². The molecule has 0 radical (unpaired) electrons. The average molecular weight is 670 g/mol. The Balaban J connectivity index is 0.000000771. The number of fused-ring (bicyclic) bond motifs is 1. The van der Waals surface area contributed by atoms with Crippen LogP contribution in [0.15, 0.2) is 43.0 Å². The lowest BCUT2D eigenvalue weighted by Gasteiger charge is -2.23. The maximum absolute atomic E-state index is 12.5. The molecule has 0 aliphatic carbocycles. The minimum absolute atomic E-state index is 0.00764. The van der Waals surface area contributed by atoms with E-state index < -0.39 is 66.6 Å². The largest absolute Gasteiger partial charge is 0.490 e. The van der Waals surface area contributed by atoms with Gasteiger partial charge in [0.1, 0.15) is 37.2 Å². The summed E-state index contributed by atoms with van der Waals surface area (Å²) in [5, 5.41) is 7.12. The van der Waals surface area contributed by atoms with Crippen LogP contribution in [0.25, 0.3) is 11.2 Å². The normalized spacial score (nSPS) is 19.6. The van der Waals surface area contributed by atoms with Gasteiger partial charge in [0.25, 0.3) is 0 Å². The number of nitrogens with two attached hydrogens (primary N) is 1. The molecule has 0 amide bonds. The zero-order valence-electron chi connectivity index (χ0n) is 25.1. The molecular weight excluding hydrogens is 639 g/mol. The van der Waals surface area contributed by atoms with E-state index in [9.17, 15) is 32.3 Å². The summed E-state index contributed by atoms with van der Waals surface area (Å²) in [5.74, 6) is -5.23. The second-order valence-electron chi connectivity index (χ2n) is 9.87. The highest BCUT2D eigenvalue weighted by atomic mass is 19.4. The van der Waals surface area contributed by atoms with Crippen molar-refractivity contribution < 1.29 is 65.9 Å². The zero-order valence-corrected chi connectivity index (χ0v) is 25.1. The molecule has 1 unspecified atom stereocenters. The van der Waals surface area contributed by atoms with E-state index in [1.807, 2.05) is 30.3 Å². The number of aromatic nitrogens is 4. The molecule has 2 aromatic heterocycles. The summed E-state index contributed by atoms with van der Waals surface area (Å²) >= 11 is 0. The van der Waals surface area contributed by atoms with Crippen LogP contribution in [0.5, 0.6) is 0 Å². The minimum atomic E-state index is -5.08. The van der Waals surface area contributed by atoms with Crippen molar-refractivity contribution in [1.29, 1.82) is 0 Å². The van der Waals surface area contributed by atoms with E-state index in [0.29, 0.717) is 11.2 Å². The topological polar surface area (TPSA) is 221 Å². The number of nitrogens with zero attached hydrogens (tertiary/aromatic N) is 4. The molecule has 1 fully saturated rings. The molecule has 1 saturated heterocycles. The molecular formula is C28H30F3N5O11. The predicted octanol–water partition coefficient (Wildman–Crippen LogP) is 1.40. The second-order valence-corrected chi connectivity index (χ2v) is 9.87. The van der Waals surface area contributed by atoms with Crippen molar-refractivity contribution in [2.24, 2.45) is 5.73 Å². The van der Waals surface area contributed by atoms with Gasteiger partial charge in [-0.25, -0.2) is 19.7 Å². The molecule has 3 heterocycles. The van der Waals surface area contributed by atoms with Crippen LogP contribution in [-0.2, 0) is 60.7 Å². The van der Waals surface area contributed by atoms with Crippen LogP contribution < -0.4 is 5.73 Å². The van der Waals surface area contributed by atoms with Crippen molar-refractivity contribution in [2.45, 2.75) is 70.6 Å². The third-order valence-corrected chi connectivity index (χ3v) is 6.23. The van der Waals surface area contributed by atoms with Crippen molar-refractivity contribution >= 4 is 41.0 Å². The number of halogens is 3. The Labute approximate surface area is 263 Å². The summed E-state index contributed by atoms with van der Waals surface area (Å²) in [7, 11) is 0. The van der Waals surface area contributed by atoms with E-state index in [1.54, 1.807) is 0 Å². The second kappa shape index (κ2) is 15.9. The molecule has 3 aromatic rings. The maximum Gasteiger partial charge on any atom is 0.490 e. The number of hydrogen-bond acceptors (Lipinski definition) is 14. The number of carboxylic acid groups (broad SMARTS) is 1. The highest BCUT2D eigenvalue weighted by molar-refractivity contribution is 5.78. The maximum atomic E-state index is 12.5. The number of carbonyl (C=O) groups is 5. The first kappa shape index (κ1) is 36.3. The van der Waals surface area contributed by atoms with Crippen molar-refractivity contribution in [3.05, 3.63) is 54.2 Å². The molecule has 254 valence electrons. The van der Waals surface area contributed by atoms with Gasteiger partial charge >= 0.3 is 36.0 Å². The standard InChI is InChI=1S/C26H29N5O9.C2HF3O2/c1-14(32)36-11-20-22(38-15(2)33)23(39-16(3)34)25(40-20)31-13-30-21-19(28-12-29-24(21)31)9-18(27)26(35)37-10-17-7-5-4-6-8-17;3-2(4,5)1(6)7/h4-8,12-13,18,20,22-23,25H,9-11,27H2,1-3H3;(H,6,7)/t18?,20-,22-,23-,25-;/m1./s1. The molecule has 0 saturated carbocycles. The van der Waals surface area contributed by atoms with E-state index in [-0.39, 0.29) is 25.3 Å². The highest BCUT2D eigenvalue weighted by Gasteiger charge is 2.51. The number of hydrogen-bond donors (Lipinski definition) is 2. The van der Waals surface area contributed by atoms with Gasteiger partial charge in [0, 0.05) is 27.2 Å². The molecule has 1 aliphatic rings. The van der Waals surface area contributed by atoms with Crippen LogP contribution in [-0.4, -0.2) is 91.6 Å². The van der Waals surface area contributed by atoms with E-state index >= 15 is 0 Å². The number of alkyl halides is 3. The van der Waals surface area contributed by atoms with Crippen LogP contribution in [0.4, 0.5) is 13.2 Å². The number of benzene rings is 1. The fourth-order valence-electron chi connectivity index (χ4n) is 4.28. The summed E-state index contributed by atoms with van der Waals surface area (Å²) < 4.78 is 60.6. The first-order chi connectivity index (χ1) is 22.1. The Hall–Kier alpha value is -5.17. The van der Waals surface area contributed by atoms with Crippen molar-refractivity contribution in [3.8, 4) is 0 Å². The van der Waals surface area contributed by atoms with Crippen LogP contribution >= 0.6 is 0 Å². The van der Waals surface area contributed by atoms with Gasteiger partial charge in [-0.05, 0) is 5.56 Å². The number of aliphatic carboxylic acids is 1. The molecule has 19 heteroatoms. The third-order valence-electron chi connectivity index (χ3n) is 6.23. The Bertz CT molecular complexity index is 1590. The van der Waals surface area contributed by atoms with Crippen LogP contribution in [0, 0.1) is 0 Å². The Kier molecular flexibility index (Phi) is 12.3.